The van der Waals surface area contributed by atoms with E-state index >= 15 is 0 Å². The van der Waals surface area contributed by atoms with E-state index in [0.717, 1.165) is 13.0 Å². The molecule has 0 saturated carbocycles. The standard InChI is InChI=1S/C16H26N4O7/c1-8(19-15(25)10-4-3-7-17-10)13(23)18-9(2)14(24)20-11(16(26)27)5-6-12(21)22/h8-11,17H,3-7H2,1-2H3,(H,18,23)(H,19,25)(H,20,24)(H,21,22)(H,26,27). The van der Waals surface area contributed by atoms with Crippen molar-refractivity contribution in [1.29, 1.82) is 0 Å². The van der Waals surface area contributed by atoms with Crippen LogP contribution in [-0.4, -0.2) is 70.6 Å². The fourth-order valence-corrected chi connectivity index (χ4v) is 2.51. The Morgan fingerprint density at radius 1 is 1.00 bits per heavy atom. The molecule has 0 radical (unpaired) electrons. The average Bonchev–Trinajstić information content (AvgIpc) is 3.12. The Labute approximate surface area is 156 Å². The van der Waals surface area contributed by atoms with Crippen molar-refractivity contribution in [1.82, 2.24) is 21.3 Å². The zero-order valence-electron chi connectivity index (χ0n) is 15.3. The fourth-order valence-electron chi connectivity index (χ4n) is 2.51. The van der Waals surface area contributed by atoms with Gasteiger partial charge in [-0.1, -0.05) is 0 Å². The van der Waals surface area contributed by atoms with Gasteiger partial charge in [0.1, 0.15) is 18.1 Å². The lowest BCUT2D eigenvalue weighted by atomic mass is 10.1. The number of hydrogen-bond donors (Lipinski definition) is 6. The lowest BCUT2D eigenvalue weighted by molar-refractivity contribution is -0.143. The quantitative estimate of drug-likeness (QED) is 0.254. The van der Waals surface area contributed by atoms with E-state index < -0.39 is 48.3 Å². The maximum Gasteiger partial charge on any atom is 0.326 e. The summed E-state index contributed by atoms with van der Waals surface area (Å²) < 4.78 is 0. The zero-order valence-corrected chi connectivity index (χ0v) is 15.3. The second-order valence-corrected chi connectivity index (χ2v) is 6.44. The van der Waals surface area contributed by atoms with Crippen molar-refractivity contribution in [3.05, 3.63) is 0 Å². The van der Waals surface area contributed by atoms with Gasteiger partial charge in [-0.05, 0) is 39.7 Å². The van der Waals surface area contributed by atoms with Crippen molar-refractivity contribution >= 4 is 29.7 Å². The molecule has 1 heterocycles. The minimum atomic E-state index is -1.38. The van der Waals surface area contributed by atoms with Crippen LogP contribution < -0.4 is 21.3 Å². The van der Waals surface area contributed by atoms with Gasteiger partial charge in [-0.3, -0.25) is 19.2 Å². The SMILES string of the molecule is CC(NC(=O)C(C)NC(=O)C1CCCN1)C(=O)NC(CCC(=O)O)C(=O)O. The number of carbonyl (C=O) groups is 5. The van der Waals surface area contributed by atoms with Crippen molar-refractivity contribution < 1.29 is 34.2 Å². The zero-order chi connectivity index (χ0) is 20.6. The van der Waals surface area contributed by atoms with E-state index in [-0.39, 0.29) is 18.4 Å². The predicted molar refractivity (Wildman–Crippen MR) is 92.7 cm³/mol. The molecular formula is C16H26N4O7. The topological polar surface area (TPSA) is 174 Å². The molecule has 4 atom stereocenters. The summed E-state index contributed by atoms with van der Waals surface area (Å²) in [6.07, 6.45) is 0.864. The first-order chi connectivity index (χ1) is 12.6. The van der Waals surface area contributed by atoms with Crippen LogP contribution in [0, 0.1) is 0 Å². The van der Waals surface area contributed by atoms with Crippen LogP contribution in [0.25, 0.3) is 0 Å². The van der Waals surface area contributed by atoms with E-state index in [4.69, 9.17) is 10.2 Å². The summed E-state index contributed by atoms with van der Waals surface area (Å²) in [4.78, 5) is 57.8. The molecule has 0 aromatic heterocycles. The summed E-state index contributed by atoms with van der Waals surface area (Å²) in [7, 11) is 0. The van der Waals surface area contributed by atoms with Crippen molar-refractivity contribution in [2.24, 2.45) is 0 Å². The van der Waals surface area contributed by atoms with Crippen molar-refractivity contribution in [3.63, 3.8) is 0 Å². The number of hydrogen-bond acceptors (Lipinski definition) is 6. The van der Waals surface area contributed by atoms with Gasteiger partial charge < -0.3 is 31.5 Å². The molecular weight excluding hydrogens is 360 g/mol. The molecule has 6 N–H and O–H groups in total. The maximum absolute atomic E-state index is 12.1. The monoisotopic (exact) mass is 386 g/mol. The first-order valence-corrected chi connectivity index (χ1v) is 8.71. The molecule has 11 nitrogen and oxygen atoms in total. The molecule has 0 aromatic rings. The lowest BCUT2D eigenvalue weighted by Gasteiger charge is -2.21. The van der Waals surface area contributed by atoms with Crippen LogP contribution in [0.2, 0.25) is 0 Å². The number of aliphatic carboxylic acids is 2. The third-order valence-corrected chi connectivity index (χ3v) is 4.14. The second-order valence-electron chi connectivity index (χ2n) is 6.44. The first-order valence-electron chi connectivity index (χ1n) is 8.71. The minimum absolute atomic E-state index is 0.280. The van der Waals surface area contributed by atoms with Gasteiger partial charge in [0.25, 0.3) is 0 Å². The molecule has 0 aromatic carbocycles. The molecule has 11 heteroatoms. The normalized spacial score (nSPS) is 19.4. The third kappa shape index (κ3) is 7.60. The largest absolute Gasteiger partial charge is 0.481 e. The summed E-state index contributed by atoms with van der Waals surface area (Å²) in [6.45, 7) is 3.57. The smallest absolute Gasteiger partial charge is 0.326 e. The van der Waals surface area contributed by atoms with Crippen molar-refractivity contribution in [2.75, 3.05) is 6.54 Å². The highest BCUT2D eigenvalue weighted by atomic mass is 16.4. The number of nitrogens with one attached hydrogen (secondary N) is 4. The molecule has 1 aliphatic heterocycles. The van der Waals surface area contributed by atoms with E-state index in [2.05, 4.69) is 21.3 Å². The van der Waals surface area contributed by atoms with Crippen LogP contribution in [0.5, 0.6) is 0 Å². The number of carboxylic acids is 2. The maximum atomic E-state index is 12.1. The summed E-state index contributed by atoms with van der Waals surface area (Å²) >= 11 is 0. The molecule has 1 aliphatic rings. The predicted octanol–water partition coefficient (Wildman–Crippen LogP) is -1.82. The second kappa shape index (κ2) is 10.5. The molecule has 4 unspecified atom stereocenters. The Balaban J connectivity index is 2.49. The van der Waals surface area contributed by atoms with Crippen LogP contribution in [0.15, 0.2) is 0 Å². The van der Waals surface area contributed by atoms with Crippen molar-refractivity contribution in [2.45, 2.75) is 63.7 Å². The molecule has 0 spiro atoms. The molecule has 0 aliphatic carbocycles. The molecule has 1 saturated heterocycles. The molecule has 3 amide bonds. The Hall–Kier alpha value is -2.69. The van der Waals surface area contributed by atoms with Gasteiger partial charge in [-0.15, -0.1) is 0 Å². The first kappa shape index (κ1) is 22.4. The highest BCUT2D eigenvalue weighted by Crippen LogP contribution is 2.05. The Morgan fingerprint density at radius 3 is 2.11 bits per heavy atom. The van der Waals surface area contributed by atoms with Crippen LogP contribution >= 0.6 is 0 Å². The van der Waals surface area contributed by atoms with Gasteiger partial charge in [0, 0.05) is 6.42 Å². The van der Waals surface area contributed by atoms with E-state index in [1.807, 2.05) is 0 Å². The van der Waals surface area contributed by atoms with Gasteiger partial charge in [0.2, 0.25) is 17.7 Å². The summed E-state index contributed by atoms with van der Waals surface area (Å²) in [5.74, 6) is -4.21. The number of rotatable bonds is 10. The number of amides is 3. The molecule has 27 heavy (non-hydrogen) atoms. The highest BCUT2D eigenvalue weighted by molar-refractivity contribution is 5.93. The van der Waals surface area contributed by atoms with E-state index in [1.165, 1.54) is 13.8 Å². The summed E-state index contributed by atoms with van der Waals surface area (Å²) in [5, 5.41) is 27.8. The van der Waals surface area contributed by atoms with Gasteiger partial charge in [-0.25, -0.2) is 4.79 Å². The lowest BCUT2D eigenvalue weighted by Crippen LogP contribution is -2.55. The van der Waals surface area contributed by atoms with E-state index in [9.17, 15) is 24.0 Å². The molecule has 152 valence electrons. The van der Waals surface area contributed by atoms with Gasteiger partial charge in [0.05, 0.1) is 6.04 Å². The van der Waals surface area contributed by atoms with Crippen molar-refractivity contribution in [3.8, 4) is 0 Å². The Kier molecular flexibility index (Phi) is 8.66. The van der Waals surface area contributed by atoms with E-state index in [0.29, 0.717) is 6.42 Å². The van der Waals surface area contributed by atoms with Crippen LogP contribution in [-0.2, 0) is 24.0 Å². The average molecular weight is 386 g/mol. The number of carbonyl (C=O) groups excluding carboxylic acids is 3. The summed E-state index contributed by atoms with van der Waals surface area (Å²) in [5.41, 5.74) is 0. The highest BCUT2D eigenvalue weighted by Gasteiger charge is 2.28. The molecule has 1 rings (SSSR count). The minimum Gasteiger partial charge on any atom is -0.481 e. The Bertz CT molecular complexity index is 589. The molecule has 0 bridgehead atoms. The van der Waals surface area contributed by atoms with Crippen LogP contribution in [0.4, 0.5) is 0 Å². The number of carboxylic acid groups (broad SMARTS) is 2. The fraction of sp³-hybridized carbons (Fsp3) is 0.688. The van der Waals surface area contributed by atoms with Gasteiger partial charge >= 0.3 is 11.9 Å². The van der Waals surface area contributed by atoms with Crippen LogP contribution in [0.3, 0.4) is 0 Å². The van der Waals surface area contributed by atoms with Gasteiger partial charge in [-0.2, -0.15) is 0 Å². The van der Waals surface area contributed by atoms with Gasteiger partial charge in [0.15, 0.2) is 0 Å². The summed E-state index contributed by atoms with van der Waals surface area (Å²) in [6, 6.07) is -3.66. The third-order valence-electron chi connectivity index (χ3n) is 4.14. The van der Waals surface area contributed by atoms with E-state index in [1.54, 1.807) is 0 Å². The van der Waals surface area contributed by atoms with Crippen LogP contribution in [0.1, 0.15) is 39.5 Å². The Morgan fingerprint density at radius 2 is 1.59 bits per heavy atom. The molecule has 1 fully saturated rings.